The van der Waals surface area contributed by atoms with Crippen molar-refractivity contribution in [2.24, 2.45) is 0 Å². The van der Waals surface area contributed by atoms with Gasteiger partial charge in [-0.3, -0.25) is 4.79 Å². The zero-order valence-electron chi connectivity index (χ0n) is 31.3. The molecule has 0 aliphatic carbocycles. The second kappa shape index (κ2) is 37.8. The van der Waals surface area contributed by atoms with Gasteiger partial charge < -0.3 is 9.74 Å². The molecule has 0 radical (unpaired) electrons. The average Bonchev–Trinajstić information content (AvgIpc) is 3.04. The highest BCUT2D eigenvalue weighted by atomic mass is 16.7. The summed E-state index contributed by atoms with van der Waals surface area (Å²) in [5, 5.41) is 1.98. The molecule has 0 rings (SSSR count). The maximum Gasteiger partial charge on any atom is 0.325 e. The molecule has 0 aliphatic rings. The highest BCUT2D eigenvalue weighted by Gasteiger charge is 2.12. The maximum absolute atomic E-state index is 12.5. The van der Waals surface area contributed by atoms with Gasteiger partial charge in [0.1, 0.15) is 0 Å². The molecule has 0 atom stereocenters. The van der Waals surface area contributed by atoms with Crippen LogP contribution in [0.3, 0.4) is 0 Å². The molecule has 0 bridgehead atoms. The van der Waals surface area contributed by atoms with Gasteiger partial charge >= 0.3 is 5.97 Å². The van der Waals surface area contributed by atoms with E-state index in [9.17, 15) is 4.79 Å². The Kier molecular flexibility index (Phi) is 36.4. The van der Waals surface area contributed by atoms with Gasteiger partial charge in [0.25, 0.3) is 0 Å². The van der Waals surface area contributed by atoms with Crippen LogP contribution in [0, 0.1) is 0 Å². The van der Waals surface area contributed by atoms with Gasteiger partial charge in [-0.15, -0.1) is 5.06 Å². The first-order chi connectivity index (χ1) is 22.6. The maximum atomic E-state index is 12.5. The number of nitrogens with zero attached hydrogens (tertiary/aromatic N) is 2. The second-order valence-corrected chi connectivity index (χ2v) is 13.5. The third-order valence-corrected chi connectivity index (χ3v) is 8.43. The highest BCUT2D eigenvalue weighted by molar-refractivity contribution is 5.68. The molecule has 0 aromatic carbocycles. The van der Waals surface area contributed by atoms with Crippen LogP contribution in [0.5, 0.6) is 0 Å². The minimum Gasteiger partial charge on any atom is -0.368 e. The standard InChI is InChI=1S/C42H78N2O2/c1-5-7-9-11-13-15-17-19-21-23-25-27-29-31-33-35-40-44(46-42(45)38-37-39-43(3)4)41-36-34-32-30-28-26-24-22-20-18-16-14-12-10-8-6-2/h13-16,19-22H,5-12,17-18,23-41H2,1-4H3/b15-13-,16-14-,21-19-,22-20-. The van der Waals surface area contributed by atoms with Crippen LogP contribution in [0.15, 0.2) is 48.6 Å². The lowest BCUT2D eigenvalue weighted by Crippen LogP contribution is -2.30. The van der Waals surface area contributed by atoms with Crippen LogP contribution in [0.1, 0.15) is 181 Å². The predicted octanol–water partition coefficient (Wildman–Crippen LogP) is 12.7. The second-order valence-electron chi connectivity index (χ2n) is 13.5. The fraction of sp³-hybridized carbons (Fsp3) is 0.786. The van der Waals surface area contributed by atoms with Crippen LogP contribution in [-0.4, -0.2) is 49.7 Å². The van der Waals surface area contributed by atoms with E-state index >= 15 is 0 Å². The van der Waals surface area contributed by atoms with Crippen molar-refractivity contribution < 1.29 is 9.63 Å². The summed E-state index contributed by atoms with van der Waals surface area (Å²) in [5.41, 5.74) is 0. The summed E-state index contributed by atoms with van der Waals surface area (Å²) in [5.74, 6) is -0.0677. The van der Waals surface area contributed by atoms with Gasteiger partial charge in [0.15, 0.2) is 0 Å². The predicted molar refractivity (Wildman–Crippen MR) is 204 cm³/mol. The zero-order valence-corrected chi connectivity index (χ0v) is 31.3. The number of hydrogen-bond acceptors (Lipinski definition) is 4. The summed E-state index contributed by atoms with van der Waals surface area (Å²) in [4.78, 5) is 20.4. The number of carbonyl (C=O) groups is 1. The Hall–Kier alpha value is -1.65. The van der Waals surface area contributed by atoms with E-state index in [1.807, 2.05) is 5.06 Å². The molecule has 4 heteroatoms. The fourth-order valence-electron chi connectivity index (χ4n) is 5.49. The molecule has 268 valence electrons. The molecule has 0 saturated carbocycles. The molecular formula is C42H78N2O2. The summed E-state index contributed by atoms with van der Waals surface area (Å²) < 4.78 is 0. The zero-order chi connectivity index (χ0) is 33.6. The van der Waals surface area contributed by atoms with Gasteiger partial charge in [0.05, 0.1) is 0 Å². The molecule has 0 heterocycles. The summed E-state index contributed by atoms with van der Waals surface area (Å²) in [7, 11) is 4.10. The number of hydrogen-bond donors (Lipinski definition) is 0. The average molecular weight is 643 g/mol. The van der Waals surface area contributed by atoms with E-state index < -0.39 is 0 Å². The minimum absolute atomic E-state index is 0.0677. The summed E-state index contributed by atoms with van der Waals surface area (Å²) in [6.07, 6.45) is 50.0. The van der Waals surface area contributed by atoms with E-state index in [1.165, 1.54) is 128 Å². The Balaban J connectivity index is 4.01. The molecular weight excluding hydrogens is 564 g/mol. The van der Waals surface area contributed by atoms with Crippen molar-refractivity contribution >= 4 is 5.97 Å². The number of unbranched alkanes of at least 4 members (excludes halogenated alkanes) is 18. The van der Waals surface area contributed by atoms with Crippen molar-refractivity contribution in [2.45, 2.75) is 181 Å². The minimum atomic E-state index is -0.0677. The molecule has 0 amide bonds. The normalized spacial score (nSPS) is 12.4. The van der Waals surface area contributed by atoms with Crippen LogP contribution in [-0.2, 0) is 9.63 Å². The van der Waals surface area contributed by atoms with Crippen molar-refractivity contribution in [2.75, 3.05) is 33.7 Å². The van der Waals surface area contributed by atoms with E-state index in [4.69, 9.17) is 4.84 Å². The van der Waals surface area contributed by atoms with E-state index in [2.05, 4.69) is 81.5 Å². The van der Waals surface area contributed by atoms with Gasteiger partial charge in [0.2, 0.25) is 0 Å². The Morgan fingerprint density at radius 1 is 0.457 bits per heavy atom. The van der Waals surface area contributed by atoms with Gasteiger partial charge in [-0.1, -0.05) is 140 Å². The summed E-state index contributed by atoms with van der Waals surface area (Å²) >= 11 is 0. The first kappa shape index (κ1) is 44.4. The van der Waals surface area contributed by atoms with E-state index in [1.54, 1.807) is 0 Å². The van der Waals surface area contributed by atoms with Crippen LogP contribution in [0.4, 0.5) is 0 Å². The molecule has 0 aliphatic heterocycles. The molecule has 4 nitrogen and oxygen atoms in total. The first-order valence-electron chi connectivity index (χ1n) is 19.8. The van der Waals surface area contributed by atoms with Crippen LogP contribution >= 0.6 is 0 Å². The lowest BCUT2D eigenvalue weighted by molar-refractivity contribution is -0.191. The van der Waals surface area contributed by atoms with Crippen molar-refractivity contribution in [3.8, 4) is 0 Å². The Bertz CT molecular complexity index is 692. The third kappa shape index (κ3) is 36.8. The Morgan fingerprint density at radius 3 is 1.22 bits per heavy atom. The number of carbonyl (C=O) groups excluding carboxylic acids is 1. The van der Waals surface area contributed by atoms with Gasteiger partial charge in [-0.05, 0) is 104 Å². The quantitative estimate of drug-likeness (QED) is 0.0391. The lowest BCUT2D eigenvalue weighted by Gasteiger charge is -2.21. The Labute approximate surface area is 288 Å². The Morgan fingerprint density at radius 2 is 0.826 bits per heavy atom. The number of rotatable bonds is 35. The van der Waals surface area contributed by atoms with Crippen molar-refractivity contribution in [3.63, 3.8) is 0 Å². The van der Waals surface area contributed by atoms with E-state index in [-0.39, 0.29) is 5.97 Å². The SMILES string of the molecule is CCCCC/C=C\C/C=C\CCCCCCCCN(CCCCCCCC/C=C\C/C=C\CCCCC)OC(=O)CCCN(C)C. The number of allylic oxidation sites excluding steroid dienone is 8. The first-order valence-corrected chi connectivity index (χ1v) is 19.8. The summed E-state index contributed by atoms with van der Waals surface area (Å²) in [6.45, 7) is 7.18. The molecule has 0 aromatic rings. The monoisotopic (exact) mass is 643 g/mol. The molecule has 0 spiro atoms. The molecule has 46 heavy (non-hydrogen) atoms. The number of hydroxylamine groups is 2. The largest absolute Gasteiger partial charge is 0.368 e. The van der Waals surface area contributed by atoms with E-state index in [0.29, 0.717) is 6.42 Å². The summed E-state index contributed by atoms with van der Waals surface area (Å²) in [6, 6.07) is 0. The molecule has 0 aromatic heterocycles. The van der Waals surface area contributed by atoms with Crippen LogP contribution in [0.25, 0.3) is 0 Å². The van der Waals surface area contributed by atoms with Crippen LogP contribution in [0.2, 0.25) is 0 Å². The van der Waals surface area contributed by atoms with E-state index in [0.717, 1.165) is 51.7 Å². The van der Waals surface area contributed by atoms with Gasteiger partial charge in [-0.2, -0.15) is 0 Å². The van der Waals surface area contributed by atoms with Gasteiger partial charge in [-0.25, -0.2) is 0 Å². The molecule has 0 saturated heterocycles. The van der Waals surface area contributed by atoms with Gasteiger partial charge in [0, 0.05) is 19.5 Å². The van der Waals surface area contributed by atoms with Crippen molar-refractivity contribution in [3.05, 3.63) is 48.6 Å². The smallest absolute Gasteiger partial charge is 0.325 e. The molecule has 0 N–H and O–H groups in total. The van der Waals surface area contributed by atoms with Crippen molar-refractivity contribution in [1.29, 1.82) is 0 Å². The topological polar surface area (TPSA) is 32.8 Å². The lowest BCUT2D eigenvalue weighted by atomic mass is 10.1. The molecule has 0 fully saturated rings. The molecule has 0 unspecified atom stereocenters. The van der Waals surface area contributed by atoms with Crippen LogP contribution < -0.4 is 0 Å². The fourth-order valence-corrected chi connectivity index (χ4v) is 5.49. The third-order valence-electron chi connectivity index (χ3n) is 8.43. The van der Waals surface area contributed by atoms with Crippen molar-refractivity contribution in [1.82, 2.24) is 9.96 Å². The highest BCUT2D eigenvalue weighted by Crippen LogP contribution is 2.12.